The van der Waals surface area contributed by atoms with Gasteiger partial charge in [-0.2, -0.15) is 0 Å². The minimum absolute atomic E-state index is 0.0732. The van der Waals surface area contributed by atoms with Crippen LogP contribution in [0.2, 0.25) is 0 Å². The standard InChI is InChI=1S/C23H33N3O3/c1-17-16-25(20-9-10-20)13-14-26(17)23(28)29-21-11-7-19(8-12-21)24-22(27)15-18-5-3-2-4-6-18/h7-8,11-12,17-18,20H,2-6,9-10,13-16H2,1H3,(H,24,27). The monoisotopic (exact) mass is 399 g/mol. The van der Waals surface area contributed by atoms with Gasteiger partial charge in [0.05, 0.1) is 0 Å². The first-order chi connectivity index (χ1) is 14.1. The molecule has 6 heteroatoms. The zero-order valence-corrected chi connectivity index (χ0v) is 17.4. The van der Waals surface area contributed by atoms with Gasteiger partial charge in [0.15, 0.2) is 0 Å². The largest absolute Gasteiger partial charge is 0.415 e. The number of piperazine rings is 1. The van der Waals surface area contributed by atoms with Gasteiger partial charge >= 0.3 is 6.09 Å². The molecule has 0 radical (unpaired) electrons. The number of nitrogens with zero attached hydrogens (tertiary/aromatic N) is 2. The average Bonchev–Trinajstić information content (AvgIpc) is 3.55. The Kier molecular flexibility index (Phi) is 6.38. The molecule has 2 saturated carbocycles. The lowest BCUT2D eigenvalue weighted by Gasteiger charge is -2.39. The molecule has 0 spiro atoms. The van der Waals surface area contributed by atoms with Gasteiger partial charge in [0, 0.05) is 43.8 Å². The molecule has 1 unspecified atom stereocenters. The van der Waals surface area contributed by atoms with Crippen molar-refractivity contribution in [2.45, 2.75) is 70.4 Å². The molecule has 29 heavy (non-hydrogen) atoms. The summed E-state index contributed by atoms with van der Waals surface area (Å²) < 4.78 is 5.57. The number of hydrogen-bond donors (Lipinski definition) is 1. The molecule has 1 aromatic rings. The van der Waals surface area contributed by atoms with Gasteiger partial charge in [-0.15, -0.1) is 0 Å². The van der Waals surface area contributed by atoms with E-state index in [0.29, 0.717) is 24.6 Å². The number of rotatable bonds is 5. The molecule has 2 amide bonds. The van der Waals surface area contributed by atoms with Crippen molar-refractivity contribution in [2.24, 2.45) is 5.92 Å². The van der Waals surface area contributed by atoms with Crippen LogP contribution in [0.25, 0.3) is 0 Å². The van der Waals surface area contributed by atoms with Crippen LogP contribution in [0.15, 0.2) is 24.3 Å². The van der Waals surface area contributed by atoms with Crippen molar-refractivity contribution in [3.05, 3.63) is 24.3 Å². The predicted octanol–water partition coefficient (Wildman–Crippen LogP) is 4.26. The fourth-order valence-corrected chi connectivity index (χ4v) is 4.66. The van der Waals surface area contributed by atoms with Crippen LogP contribution in [0.5, 0.6) is 5.75 Å². The van der Waals surface area contributed by atoms with Crippen molar-refractivity contribution in [1.29, 1.82) is 0 Å². The molecule has 1 aliphatic heterocycles. The number of amides is 2. The van der Waals surface area contributed by atoms with E-state index < -0.39 is 0 Å². The van der Waals surface area contributed by atoms with Crippen LogP contribution in [-0.2, 0) is 4.79 Å². The normalized spacial score (nSPS) is 23.6. The Bertz CT molecular complexity index is 711. The van der Waals surface area contributed by atoms with E-state index in [0.717, 1.165) is 37.7 Å². The van der Waals surface area contributed by atoms with Crippen LogP contribution >= 0.6 is 0 Å². The van der Waals surface area contributed by atoms with Crippen molar-refractivity contribution in [2.75, 3.05) is 25.0 Å². The van der Waals surface area contributed by atoms with Crippen LogP contribution in [0.4, 0.5) is 10.5 Å². The lowest BCUT2D eigenvalue weighted by atomic mass is 9.87. The molecule has 1 saturated heterocycles. The van der Waals surface area contributed by atoms with Gasteiger partial charge in [-0.1, -0.05) is 19.3 Å². The molecule has 3 aliphatic rings. The molecule has 0 aromatic heterocycles. The summed E-state index contributed by atoms with van der Waals surface area (Å²) in [5.74, 6) is 1.10. The summed E-state index contributed by atoms with van der Waals surface area (Å²) in [6.45, 7) is 4.65. The highest BCUT2D eigenvalue weighted by Crippen LogP contribution is 2.29. The van der Waals surface area contributed by atoms with Crippen molar-refractivity contribution in [3.8, 4) is 5.75 Å². The molecule has 158 valence electrons. The first kappa shape index (κ1) is 20.2. The van der Waals surface area contributed by atoms with Gasteiger partial charge in [-0.3, -0.25) is 9.69 Å². The van der Waals surface area contributed by atoms with E-state index in [9.17, 15) is 9.59 Å². The third-order valence-corrected chi connectivity index (χ3v) is 6.50. The van der Waals surface area contributed by atoms with E-state index in [1.165, 1.54) is 32.1 Å². The highest BCUT2D eigenvalue weighted by Gasteiger charge is 2.36. The molecule has 1 heterocycles. The minimum atomic E-state index is -0.290. The van der Waals surface area contributed by atoms with E-state index >= 15 is 0 Å². The summed E-state index contributed by atoms with van der Waals surface area (Å²) in [5, 5.41) is 2.97. The summed E-state index contributed by atoms with van der Waals surface area (Å²) in [5.41, 5.74) is 0.747. The molecule has 1 atom stereocenters. The number of nitrogens with one attached hydrogen (secondary N) is 1. The average molecular weight is 400 g/mol. The second-order valence-corrected chi connectivity index (χ2v) is 8.92. The van der Waals surface area contributed by atoms with Gasteiger partial charge in [-0.05, 0) is 62.8 Å². The molecule has 4 rings (SSSR count). The Labute approximate surface area is 173 Å². The summed E-state index contributed by atoms with van der Waals surface area (Å²) in [6.07, 6.45) is 9.00. The van der Waals surface area contributed by atoms with Gasteiger partial charge in [-0.25, -0.2) is 4.79 Å². The molecular weight excluding hydrogens is 366 g/mol. The molecule has 0 bridgehead atoms. The summed E-state index contributed by atoms with van der Waals surface area (Å²) >= 11 is 0. The van der Waals surface area contributed by atoms with Crippen LogP contribution in [0.3, 0.4) is 0 Å². The Balaban J connectivity index is 1.24. The second kappa shape index (κ2) is 9.16. The van der Waals surface area contributed by atoms with Crippen LogP contribution in [-0.4, -0.2) is 53.5 Å². The number of anilines is 1. The van der Waals surface area contributed by atoms with Crippen LogP contribution < -0.4 is 10.1 Å². The third-order valence-electron chi connectivity index (χ3n) is 6.50. The summed E-state index contributed by atoms with van der Waals surface area (Å²) in [4.78, 5) is 29.1. The van der Waals surface area contributed by atoms with Crippen LogP contribution in [0, 0.1) is 5.92 Å². The number of carbonyl (C=O) groups excluding carboxylic acids is 2. The maximum absolute atomic E-state index is 12.6. The molecule has 6 nitrogen and oxygen atoms in total. The zero-order valence-electron chi connectivity index (χ0n) is 17.4. The summed E-state index contributed by atoms with van der Waals surface area (Å²) in [6, 6.07) is 8.00. The van der Waals surface area contributed by atoms with E-state index in [1.54, 1.807) is 24.3 Å². The van der Waals surface area contributed by atoms with E-state index in [1.807, 2.05) is 4.90 Å². The number of hydrogen-bond acceptors (Lipinski definition) is 4. The molecule has 1 aromatic carbocycles. The van der Waals surface area contributed by atoms with Gasteiger partial charge < -0.3 is 15.0 Å². The smallest absolute Gasteiger partial charge is 0.410 e. The third kappa shape index (κ3) is 5.50. The Morgan fingerprint density at radius 3 is 2.41 bits per heavy atom. The minimum Gasteiger partial charge on any atom is -0.410 e. The second-order valence-electron chi connectivity index (χ2n) is 8.92. The predicted molar refractivity (Wildman–Crippen MR) is 113 cm³/mol. The van der Waals surface area contributed by atoms with E-state index in [4.69, 9.17) is 4.74 Å². The van der Waals surface area contributed by atoms with Crippen molar-refractivity contribution in [3.63, 3.8) is 0 Å². The number of benzene rings is 1. The Morgan fingerprint density at radius 1 is 1.03 bits per heavy atom. The lowest BCUT2D eigenvalue weighted by Crippen LogP contribution is -2.55. The van der Waals surface area contributed by atoms with Crippen molar-refractivity contribution < 1.29 is 14.3 Å². The topological polar surface area (TPSA) is 61.9 Å². The van der Waals surface area contributed by atoms with Crippen molar-refractivity contribution in [1.82, 2.24) is 9.80 Å². The Morgan fingerprint density at radius 2 is 1.76 bits per heavy atom. The quantitative estimate of drug-likeness (QED) is 0.803. The van der Waals surface area contributed by atoms with Gasteiger partial charge in [0.25, 0.3) is 0 Å². The van der Waals surface area contributed by atoms with Crippen molar-refractivity contribution >= 4 is 17.7 Å². The van der Waals surface area contributed by atoms with E-state index in [2.05, 4.69) is 17.1 Å². The first-order valence-electron chi connectivity index (χ1n) is 11.2. The van der Waals surface area contributed by atoms with Crippen LogP contribution in [0.1, 0.15) is 58.3 Å². The van der Waals surface area contributed by atoms with E-state index in [-0.39, 0.29) is 18.0 Å². The fourth-order valence-electron chi connectivity index (χ4n) is 4.66. The maximum atomic E-state index is 12.6. The van der Waals surface area contributed by atoms with Gasteiger partial charge in [0.1, 0.15) is 5.75 Å². The lowest BCUT2D eigenvalue weighted by molar-refractivity contribution is -0.117. The molecule has 3 fully saturated rings. The molecular formula is C23H33N3O3. The highest BCUT2D eigenvalue weighted by molar-refractivity contribution is 5.90. The maximum Gasteiger partial charge on any atom is 0.415 e. The van der Waals surface area contributed by atoms with Gasteiger partial charge in [0.2, 0.25) is 5.91 Å². The fraction of sp³-hybridized carbons (Fsp3) is 0.652. The Hall–Kier alpha value is -2.08. The molecule has 1 N–H and O–H groups in total. The summed E-state index contributed by atoms with van der Waals surface area (Å²) in [7, 11) is 0. The molecule has 2 aliphatic carbocycles. The SMILES string of the molecule is CC1CN(C2CC2)CCN1C(=O)Oc1ccc(NC(=O)CC2CCCCC2)cc1. The zero-order chi connectivity index (χ0) is 20.2. The number of carbonyl (C=O) groups is 2. The highest BCUT2D eigenvalue weighted by atomic mass is 16.6. The number of ether oxygens (including phenoxy) is 1. The first-order valence-corrected chi connectivity index (χ1v) is 11.2.